The van der Waals surface area contributed by atoms with Crippen LogP contribution in [0.25, 0.3) is 0 Å². The largest absolute Gasteiger partial charge is 0.484 e. The summed E-state index contributed by atoms with van der Waals surface area (Å²) in [6.45, 7) is 3.92. The molecular weight excluding hydrogens is 362 g/mol. The van der Waals surface area contributed by atoms with Gasteiger partial charge in [0.05, 0.1) is 11.9 Å². The summed E-state index contributed by atoms with van der Waals surface area (Å²) in [6.07, 6.45) is 1.59. The van der Waals surface area contributed by atoms with E-state index in [1.54, 1.807) is 18.3 Å². The molecule has 0 unspecified atom stereocenters. The van der Waals surface area contributed by atoms with Crippen LogP contribution in [-0.2, 0) is 4.79 Å². The molecule has 1 heterocycles. The normalized spacial score (nSPS) is 10.3. The summed E-state index contributed by atoms with van der Waals surface area (Å²) in [5, 5.41) is 6.62. The number of hydrogen-bond donors (Lipinski definition) is 2. The van der Waals surface area contributed by atoms with Crippen LogP contribution in [0.1, 0.15) is 11.1 Å². The van der Waals surface area contributed by atoms with Crippen molar-refractivity contribution >= 4 is 34.7 Å². The van der Waals surface area contributed by atoms with Gasteiger partial charge >= 0.3 is 0 Å². The van der Waals surface area contributed by atoms with E-state index in [1.807, 2.05) is 56.3 Å². The predicted molar refractivity (Wildman–Crippen MR) is 109 cm³/mol. The molecule has 0 saturated heterocycles. The molecule has 1 amide bonds. The van der Waals surface area contributed by atoms with Crippen LogP contribution < -0.4 is 15.4 Å². The van der Waals surface area contributed by atoms with Crippen molar-refractivity contribution in [2.45, 2.75) is 13.8 Å². The minimum absolute atomic E-state index is 0.0647. The maximum absolute atomic E-state index is 12.0. The lowest BCUT2D eigenvalue weighted by atomic mass is 10.2. The van der Waals surface area contributed by atoms with E-state index in [-0.39, 0.29) is 12.5 Å². The second-order valence-corrected chi connectivity index (χ2v) is 6.60. The van der Waals surface area contributed by atoms with Gasteiger partial charge in [-0.1, -0.05) is 35.4 Å². The summed E-state index contributed by atoms with van der Waals surface area (Å²) in [7, 11) is 0. The van der Waals surface area contributed by atoms with E-state index in [4.69, 9.17) is 16.3 Å². The summed E-state index contributed by atoms with van der Waals surface area (Å²) in [6, 6.07) is 16.7. The molecular formula is C21H20ClN3O2. The Morgan fingerprint density at radius 1 is 1.07 bits per heavy atom. The van der Waals surface area contributed by atoms with Gasteiger partial charge in [0, 0.05) is 10.7 Å². The van der Waals surface area contributed by atoms with Gasteiger partial charge in [0.1, 0.15) is 11.6 Å². The third-order valence-electron chi connectivity index (χ3n) is 3.90. The molecule has 0 radical (unpaired) electrons. The third-order valence-corrected chi connectivity index (χ3v) is 4.14. The molecule has 138 valence electrons. The topological polar surface area (TPSA) is 63.2 Å². The van der Waals surface area contributed by atoms with E-state index in [9.17, 15) is 4.79 Å². The minimum Gasteiger partial charge on any atom is -0.484 e. The molecule has 3 rings (SSSR count). The highest BCUT2D eigenvalue weighted by molar-refractivity contribution is 6.30. The van der Waals surface area contributed by atoms with Crippen LogP contribution in [-0.4, -0.2) is 17.5 Å². The Hall–Kier alpha value is -3.05. The van der Waals surface area contributed by atoms with Crippen molar-refractivity contribution in [2.75, 3.05) is 17.2 Å². The zero-order valence-electron chi connectivity index (χ0n) is 15.1. The molecule has 0 spiro atoms. The molecule has 27 heavy (non-hydrogen) atoms. The SMILES string of the molecule is Cc1ccc(OCC(=O)Nc2ccc(Nc3cc(Cl)ccc3C)nc2)cc1. The highest BCUT2D eigenvalue weighted by atomic mass is 35.5. The average molecular weight is 382 g/mol. The quantitative estimate of drug-likeness (QED) is 0.622. The van der Waals surface area contributed by atoms with Crippen molar-refractivity contribution in [3.63, 3.8) is 0 Å². The minimum atomic E-state index is -0.247. The van der Waals surface area contributed by atoms with Crippen LogP contribution in [0.5, 0.6) is 5.75 Å². The van der Waals surface area contributed by atoms with Crippen molar-refractivity contribution in [3.05, 3.63) is 76.9 Å². The van der Waals surface area contributed by atoms with Gasteiger partial charge in [0.15, 0.2) is 6.61 Å². The number of hydrogen-bond acceptors (Lipinski definition) is 4. The molecule has 6 heteroatoms. The lowest BCUT2D eigenvalue weighted by molar-refractivity contribution is -0.118. The molecule has 2 N–H and O–H groups in total. The first kappa shape index (κ1) is 18.7. The van der Waals surface area contributed by atoms with Crippen molar-refractivity contribution in [2.24, 2.45) is 0 Å². The molecule has 0 fully saturated rings. The lowest BCUT2D eigenvalue weighted by Crippen LogP contribution is -2.20. The van der Waals surface area contributed by atoms with E-state index < -0.39 is 0 Å². The zero-order valence-corrected chi connectivity index (χ0v) is 15.9. The molecule has 0 aliphatic carbocycles. The molecule has 5 nitrogen and oxygen atoms in total. The van der Waals surface area contributed by atoms with Gasteiger partial charge < -0.3 is 15.4 Å². The number of aryl methyl sites for hydroxylation is 2. The lowest BCUT2D eigenvalue weighted by Gasteiger charge is -2.11. The van der Waals surface area contributed by atoms with Gasteiger partial charge in [-0.3, -0.25) is 4.79 Å². The van der Waals surface area contributed by atoms with E-state index in [1.165, 1.54) is 0 Å². The van der Waals surface area contributed by atoms with Crippen LogP contribution in [0.3, 0.4) is 0 Å². The number of amides is 1. The highest BCUT2D eigenvalue weighted by Gasteiger charge is 2.06. The molecule has 0 aliphatic heterocycles. The molecule has 2 aromatic carbocycles. The fraction of sp³-hybridized carbons (Fsp3) is 0.143. The van der Waals surface area contributed by atoms with E-state index in [0.717, 1.165) is 16.8 Å². The maximum atomic E-state index is 12.0. The molecule has 0 bridgehead atoms. The molecule has 0 aliphatic rings. The number of carbonyl (C=O) groups excluding carboxylic acids is 1. The van der Waals surface area contributed by atoms with Crippen LogP contribution >= 0.6 is 11.6 Å². The van der Waals surface area contributed by atoms with Gasteiger partial charge in [-0.05, 0) is 55.8 Å². The Kier molecular flexibility index (Phi) is 5.94. The van der Waals surface area contributed by atoms with E-state index >= 15 is 0 Å². The number of nitrogens with one attached hydrogen (secondary N) is 2. The van der Waals surface area contributed by atoms with Gasteiger partial charge in [-0.25, -0.2) is 4.98 Å². The van der Waals surface area contributed by atoms with Crippen LogP contribution in [0.4, 0.5) is 17.2 Å². The fourth-order valence-corrected chi connectivity index (χ4v) is 2.56. The number of aromatic nitrogens is 1. The summed E-state index contributed by atoms with van der Waals surface area (Å²) >= 11 is 6.03. The monoisotopic (exact) mass is 381 g/mol. The summed E-state index contributed by atoms with van der Waals surface area (Å²) in [5.41, 5.74) is 3.69. The number of ether oxygens (including phenoxy) is 1. The first-order valence-electron chi connectivity index (χ1n) is 8.48. The van der Waals surface area contributed by atoms with Gasteiger partial charge in [-0.2, -0.15) is 0 Å². The zero-order chi connectivity index (χ0) is 19.2. The molecule has 0 saturated carbocycles. The van der Waals surface area contributed by atoms with Crippen molar-refractivity contribution in [1.82, 2.24) is 4.98 Å². The Balaban J connectivity index is 1.54. The van der Waals surface area contributed by atoms with Gasteiger partial charge in [0.25, 0.3) is 5.91 Å². The Morgan fingerprint density at radius 3 is 2.56 bits per heavy atom. The van der Waals surface area contributed by atoms with Gasteiger partial charge in [-0.15, -0.1) is 0 Å². The van der Waals surface area contributed by atoms with Crippen molar-refractivity contribution in [1.29, 1.82) is 0 Å². The number of carbonyl (C=O) groups is 1. The molecule has 1 aromatic heterocycles. The Labute approximate surface area is 163 Å². The predicted octanol–water partition coefficient (Wildman–Crippen LogP) is 5.11. The highest BCUT2D eigenvalue weighted by Crippen LogP contribution is 2.23. The Morgan fingerprint density at radius 2 is 1.85 bits per heavy atom. The van der Waals surface area contributed by atoms with Crippen LogP contribution in [0.15, 0.2) is 60.8 Å². The number of anilines is 3. The van der Waals surface area contributed by atoms with E-state index in [0.29, 0.717) is 22.3 Å². The van der Waals surface area contributed by atoms with Crippen LogP contribution in [0, 0.1) is 13.8 Å². The number of nitrogens with zero attached hydrogens (tertiary/aromatic N) is 1. The summed E-state index contributed by atoms with van der Waals surface area (Å²) in [4.78, 5) is 16.3. The number of halogens is 1. The number of benzene rings is 2. The van der Waals surface area contributed by atoms with Crippen molar-refractivity contribution in [3.8, 4) is 5.75 Å². The smallest absolute Gasteiger partial charge is 0.262 e. The van der Waals surface area contributed by atoms with Crippen LogP contribution in [0.2, 0.25) is 5.02 Å². The third kappa shape index (κ3) is 5.46. The second-order valence-electron chi connectivity index (χ2n) is 6.17. The second kappa shape index (κ2) is 8.56. The summed E-state index contributed by atoms with van der Waals surface area (Å²) < 4.78 is 5.46. The summed E-state index contributed by atoms with van der Waals surface area (Å²) in [5.74, 6) is 1.07. The van der Waals surface area contributed by atoms with E-state index in [2.05, 4.69) is 15.6 Å². The average Bonchev–Trinajstić information content (AvgIpc) is 2.66. The number of rotatable bonds is 6. The molecule has 3 aromatic rings. The molecule has 0 atom stereocenters. The standard InChI is InChI=1S/C21H20ClN3O2/c1-14-3-8-18(9-4-14)27-13-21(26)24-17-7-10-20(23-12-17)25-19-11-16(22)6-5-15(19)2/h3-12H,13H2,1-2H3,(H,23,25)(H,24,26). The van der Waals surface area contributed by atoms with Crippen molar-refractivity contribution < 1.29 is 9.53 Å². The van der Waals surface area contributed by atoms with Gasteiger partial charge in [0.2, 0.25) is 0 Å². The Bertz CT molecular complexity index is 925. The number of pyridine rings is 1. The first-order chi connectivity index (χ1) is 13.0. The maximum Gasteiger partial charge on any atom is 0.262 e. The fourth-order valence-electron chi connectivity index (χ4n) is 2.39. The first-order valence-corrected chi connectivity index (χ1v) is 8.86.